The molecule has 0 aliphatic rings. The van der Waals surface area contributed by atoms with Crippen LogP contribution in [0.4, 0.5) is 5.69 Å². The van der Waals surface area contributed by atoms with Gasteiger partial charge in [0.2, 0.25) is 5.91 Å². The Bertz CT molecular complexity index is 1660. The van der Waals surface area contributed by atoms with Crippen LogP contribution in [0.15, 0.2) is 59.5 Å². The van der Waals surface area contributed by atoms with Gasteiger partial charge in [0.1, 0.15) is 11.3 Å². The number of carbonyl (C=O) groups excluding carboxylic acids is 1. The summed E-state index contributed by atoms with van der Waals surface area (Å²) >= 11 is 0. The van der Waals surface area contributed by atoms with E-state index in [2.05, 4.69) is 42.5 Å². The van der Waals surface area contributed by atoms with Crippen molar-refractivity contribution in [2.75, 3.05) is 11.9 Å². The van der Waals surface area contributed by atoms with Gasteiger partial charge in [0.05, 0.1) is 29.4 Å². The summed E-state index contributed by atoms with van der Waals surface area (Å²) in [5.74, 6) is 1.35. The fourth-order valence-corrected chi connectivity index (χ4v) is 5.98. The molecule has 0 unspecified atom stereocenters. The van der Waals surface area contributed by atoms with Gasteiger partial charge in [-0.15, -0.1) is 0 Å². The molecule has 0 atom stereocenters. The van der Waals surface area contributed by atoms with Crippen LogP contribution < -0.4 is 10.2 Å². The zero-order valence-electron chi connectivity index (χ0n) is 26.5. The molecule has 4 aromatic rings. The summed E-state index contributed by atoms with van der Waals surface area (Å²) in [4.78, 5) is 29.9. The van der Waals surface area contributed by atoms with Crippen molar-refractivity contribution in [1.82, 2.24) is 19.4 Å². The highest BCUT2D eigenvalue weighted by molar-refractivity contribution is 7.89. The Morgan fingerprint density at radius 2 is 1.73 bits per heavy atom. The predicted molar refractivity (Wildman–Crippen MR) is 176 cm³/mol. The average molecular weight is 620 g/mol. The SMILES string of the molecule is CCCCC(=O)Nc1cc2nc(CCCC)n(Cc3ccc(-c4ccccc4S(=O)(=O)NOCCC(C)C)cc3)c2nc1C. The molecule has 0 saturated carbocycles. The minimum Gasteiger partial charge on any atom is -0.324 e. The van der Waals surface area contributed by atoms with E-state index in [9.17, 15) is 13.2 Å². The van der Waals surface area contributed by atoms with Crippen LogP contribution in [0, 0.1) is 12.8 Å². The monoisotopic (exact) mass is 619 g/mol. The zero-order chi connectivity index (χ0) is 31.7. The molecule has 2 heterocycles. The molecule has 1 amide bonds. The summed E-state index contributed by atoms with van der Waals surface area (Å²) in [5.41, 5.74) is 5.41. The van der Waals surface area contributed by atoms with Crippen LogP contribution in [-0.2, 0) is 32.6 Å². The second-order valence-corrected chi connectivity index (χ2v) is 13.3. The molecule has 0 spiro atoms. The maximum absolute atomic E-state index is 13.1. The van der Waals surface area contributed by atoms with E-state index in [1.807, 2.05) is 43.3 Å². The Labute approximate surface area is 261 Å². The number of amides is 1. The molecular formula is C34H45N5O4S. The Morgan fingerprint density at radius 1 is 1.00 bits per heavy atom. The molecule has 4 rings (SSSR count). The summed E-state index contributed by atoms with van der Waals surface area (Å²) in [6, 6.07) is 16.8. The molecule has 2 aromatic carbocycles. The molecule has 2 aromatic heterocycles. The maximum atomic E-state index is 13.1. The number of hydrogen-bond donors (Lipinski definition) is 2. The van der Waals surface area contributed by atoms with E-state index >= 15 is 0 Å². The van der Waals surface area contributed by atoms with Gasteiger partial charge < -0.3 is 9.88 Å². The Hall–Kier alpha value is -3.60. The lowest BCUT2D eigenvalue weighted by Crippen LogP contribution is -2.25. The van der Waals surface area contributed by atoms with E-state index in [0.717, 1.165) is 72.3 Å². The van der Waals surface area contributed by atoms with Crippen molar-refractivity contribution < 1.29 is 18.0 Å². The number of unbranched alkanes of at least 4 members (excludes halogenated alkanes) is 2. The number of nitrogens with zero attached hydrogens (tertiary/aromatic N) is 3. The minimum atomic E-state index is -3.87. The first-order chi connectivity index (χ1) is 21.1. The zero-order valence-corrected chi connectivity index (χ0v) is 27.3. The molecular weight excluding hydrogens is 574 g/mol. The van der Waals surface area contributed by atoms with Gasteiger partial charge in [0.25, 0.3) is 10.0 Å². The number of fused-ring (bicyclic) bond motifs is 1. The second kappa shape index (κ2) is 15.4. The van der Waals surface area contributed by atoms with Crippen molar-refractivity contribution in [2.24, 2.45) is 5.92 Å². The van der Waals surface area contributed by atoms with E-state index in [0.29, 0.717) is 36.7 Å². The maximum Gasteiger partial charge on any atom is 0.263 e. The molecule has 0 bridgehead atoms. The lowest BCUT2D eigenvalue weighted by Gasteiger charge is -2.13. The minimum absolute atomic E-state index is 0.00867. The number of pyridine rings is 1. The van der Waals surface area contributed by atoms with E-state index in [4.69, 9.17) is 14.8 Å². The number of rotatable bonds is 16. The molecule has 2 N–H and O–H groups in total. The molecule has 0 aliphatic heterocycles. The van der Waals surface area contributed by atoms with Crippen LogP contribution >= 0.6 is 0 Å². The number of aromatic nitrogens is 3. The van der Waals surface area contributed by atoms with Crippen LogP contribution in [0.1, 0.15) is 83.3 Å². The Morgan fingerprint density at radius 3 is 2.43 bits per heavy atom. The summed E-state index contributed by atoms with van der Waals surface area (Å²) in [6.07, 6.45) is 5.92. The van der Waals surface area contributed by atoms with Crippen LogP contribution in [0.2, 0.25) is 0 Å². The van der Waals surface area contributed by atoms with Gasteiger partial charge >= 0.3 is 0 Å². The number of sulfonamides is 1. The fourth-order valence-electron chi connectivity index (χ4n) is 4.92. The molecule has 44 heavy (non-hydrogen) atoms. The van der Waals surface area contributed by atoms with Gasteiger partial charge in [-0.2, -0.15) is 0 Å². The molecule has 236 valence electrons. The van der Waals surface area contributed by atoms with Gasteiger partial charge in [-0.3, -0.25) is 9.63 Å². The Kier molecular flexibility index (Phi) is 11.7. The summed E-state index contributed by atoms with van der Waals surface area (Å²) in [5, 5.41) is 3.01. The highest BCUT2D eigenvalue weighted by atomic mass is 32.2. The third kappa shape index (κ3) is 8.52. The van der Waals surface area contributed by atoms with Crippen LogP contribution in [0.3, 0.4) is 0 Å². The number of aryl methyl sites for hydroxylation is 2. The number of imidazole rings is 1. The molecule has 0 saturated heterocycles. The lowest BCUT2D eigenvalue weighted by atomic mass is 10.0. The molecule has 9 nitrogen and oxygen atoms in total. The fraction of sp³-hybridized carbons (Fsp3) is 0.441. The normalized spacial score (nSPS) is 11.9. The number of nitrogens with one attached hydrogen (secondary N) is 2. The number of anilines is 1. The van der Waals surface area contributed by atoms with Crippen molar-refractivity contribution in [3.8, 4) is 11.1 Å². The number of carbonyl (C=O) groups is 1. The lowest BCUT2D eigenvalue weighted by molar-refractivity contribution is -0.116. The Balaban J connectivity index is 1.59. The van der Waals surface area contributed by atoms with E-state index in [1.165, 1.54) is 0 Å². The van der Waals surface area contributed by atoms with Crippen molar-refractivity contribution >= 4 is 32.8 Å². The first-order valence-electron chi connectivity index (χ1n) is 15.6. The van der Waals surface area contributed by atoms with E-state index < -0.39 is 10.0 Å². The van der Waals surface area contributed by atoms with Gasteiger partial charge in [-0.1, -0.05) is 87.9 Å². The van der Waals surface area contributed by atoms with Gasteiger partial charge in [0.15, 0.2) is 5.65 Å². The summed E-state index contributed by atoms with van der Waals surface area (Å²) in [6.45, 7) is 11.1. The number of hydrogen-bond acceptors (Lipinski definition) is 6. The third-order valence-corrected chi connectivity index (χ3v) is 8.80. The van der Waals surface area contributed by atoms with Crippen molar-refractivity contribution in [1.29, 1.82) is 0 Å². The quantitative estimate of drug-likeness (QED) is 0.101. The first-order valence-corrected chi connectivity index (χ1v) is 17.1. The van der Waals surface area contributed by atoms with Gasteiger partial charge in [0, 0.05) is 18.4 Å². The van der Waals surface area contributed by atoms with Crippen LogP contribution in [-0.4, -0.2) is 35.5 Å². The second-order valence-electron chi connectivity index (χ2n) is 11.6. The third-order valence-electron chi connectivity index (χ3n) is 7.52. The largest absolute Gasteiger partial charge is 0.324 e. The van der Waals surface area contributed by atoms with E-state index in [1.54, 1.807) is 18.2 Å². The smallest absolute Gasteiger partial charge is 0.263 e. The molecule has 10 heteroatoms. The van der Waals surface area contributed by atoms with Crippen LogP contribution in [0.25, 0.3) is 22.3 Å². The van der Waals surface area contributed by atoms with Crippen LogP contribution in [0.5, 0.6) is 0 Å². The predicted octanol–water partition coefficient (Wildman–Crippen LogP) is 7.18. The van der Waals surface area contributed by atoms with Gasteiger partial charge in [-0.05, 0) is 55.4 Å². The average Bonchev–Trinajstić information content (AvgIpc) is 3.33. The van der Waals surface area contributed by atoms with Gasteiger partial charge in [-0.25, -0.2) is 18.4 Å². The summed E-state index contributed by atoms with van der Waals surface area (Å²) < 4.78 is 28.3. The van der Waals surface area contributed by atoms with Crippen molar-refractivity contribution in [3.05, 3.63) is 71.7 Å². The molecule has 0 fully saturated rings. The van der Waals surface area contributed by atoms with Crippen molar-refractivity contribution in [3.63, 3.8) is 0 Å². The highest BCUT2D eigenvalue weighted by Gasteiger charge is 2.20. The topological polar surface area (TPSA) is 115 Å². The first kappa shape index (κ1) is 33.3. The van der Waals surface area contributed by atoms with Crippen molar-refractivity contribution in [2.45, 2.75) is 91.0 Å². The highest BCUT2D eigenvalue weighted by Crippen LogP contribution is 2.29. The summed E-state index contributed by atoms with van der Waals surface area (Å²) in [7, 11) is -3.87. The molecule has 0 aliphatic carbocycles. The molecule has 0 radical (unpaired) electrons. The number of benzene rings is 2. The standard InChI is InChI=1S/C34H45N5O4S/c1-6-8-14-32-36-30-22-29(37-33(40)15-9-7-2)25(5)35-34(30)39(32)23-26-16-18-27(19-17-26)28-12-10-11-13-31(28)44(41,42)38-43-21-20-24(3)4/h10-13,16-19,22,24,38H,6-9,14-15,20-21,23H2,1-5H3,(H,37,40). The van der Waals surface area contributed by atoms with E-state index in [-0.39, 0.29) is 10.8 Å².